The molecule has 1 spiro atoms. The summed E-state index contributed by atoms with van der Waals surface area (Å²) in [5.74, 6) is 6.15. The molecule has 2 N–H and O–H groups in total. The fourth-order valence-electron chi connectivity index (χ4n) is 5.23. The van der Waals surface area contributed by atoms with Gasteiger partial charge in [0.2, 0.25) is 0 Å². The normalized spacial score (nSPS) is 32.5. The monoisotopic (exact) mass is 378 g/mol. The van der Waals surface area contributed by atoms with Crippen molar-refractivity contribution in [2.24, 2.45) is 0 Å². The van der Waals surface area contributed by atoms with Gasteiger partial charge in [-0.3, -0.25) is 4.90 Å². The van der Waals surface area contributed by atoms with Gasteiger partial charge in [0.15, 0.2) is 11.9 Å². The standard InChI is InChI=1S/C22H22N2O4/c1-26-21(27-2)17-9-10-18-22-16(12-20(25)28-22)14(11-19(22)24(17)18)6-3-13-4-7-15(23)8-5-13/h4-5,7-8,11-12,17-19,21H,9-10,23H2,1-2H3/t17-,18-,19?,22+/m1/s1. The summed E-state index contributed by atoms with van der Waals surface area (Å²) in [6, 6.07) is 7.70. The minimum absolute atomic E-state index is 0.0220. The minimum Gasteiger partial charge on any atom is -0.447 e. The number of fused-ring (bicyclic) bond motifs is 2. The summed E-state index contributed by atoms with van der Waals surface area (Å²) >= 11 is 0. The summed E-state index contributed by atoms with van der Waals surface area (Å²) < 4.78 is 16.9. The van der Waals surface area contributed by atoms with E-state index in [0.29, 0.717) is 5.69 Å². The van der Waals surface area contributed by atoms with Crippen LogP contribution in [0.15, 0.2) is 47.6 Å². The van der Waals surface area contributed by atoms with Gasteiger partial charge >= 0.3 is 5.97 Å². The van der Waals surface area contributed by atoms with E-state index in [2.05, 4.69) is 22.8 Å². The molecule has 6 nitrogen and oxygen atoms in total. The Kier molecular flexibility index (Phi) is 3.88. The number of hydrogen-bond donors (Lipinski definition) is 1. The molecule has 3 aliphatic heterocycles. The molecule has 2 fully saturated rings. The van der Waals surface area contributed by atoms with Gasteiger partial charge in [0, 0.05) is 42.7 Å². The van der Waals surface area contributed by atoms with E-state index >= 15 is 0 Å². The van der Waals surface area contributed by atoms with Crippen LogP contribution in [0.1, 0.15) is 18.4 Å². The number of carbonyl (C=O) groups is 1. The van der Waals surface area contributed by atoms with E-state index < -0.39 is 5.60 Å². The van der Waals surface area contributed by atoms with Crippen LogP contribution in [0, 0.1) is 11.8 Å². The lowest BCUT2D eigenvalue weighted by Crippen LogP contribution is -2.75. The highest BCUT2D eigenvalue weighted by molar-refractivity contribution is 5.91. The molecule has 1 aliphatic carbocycles. The van der Waals surface area contributed by atoms with Crippen LogP contribution in [0.5, 0.6) is 0 Å². The Bertz CT molecular complexity index is 951. The summed E-state index contributed by atoms with van der Waals surface area (Å²) in [6.07, 6.45) is 5.31. The van der Waals surface area contributed by atoms with Crippen LogP contribution in [-0.2, 0) is 19.0 Å². The molecule has 3 heterocycles. The summed E-state index contributed by atoms with van der Waals surface area (Å²) in [7, 11) is 3.32. The van der Waals surface area contributed by atoms with Gasteiger partial charge in [-0.05, 0) is 43.2 Å². The summed E-state index contributed by atoms with van der Waals surface area (Å²) in [4.78, 5) is 14.5. The molecule has 2 saturated heterocycles. The largest absolute Gasteiger partial charge is 0.447 e. The number of benzene rings is 1. The molecule has 6 heteroatoms. The second-order valence-corrected chi connectivity index (χ2v) is 7.62. The van der Waals surface area contributed by atoms with Gasteiger partial charge in [0.25, 0.3) is 0 Å². The highest BCUT2D eigenvalue weighted by Crippen LogP contribution is 2.60. The van der Waals surface area contributed by atoms with Gasteiger partial charge in [-0.15, -0.1) is 0 Å². The molecule has 1 unspecified atom stereocenters. The molecular weight excluding hydrogens is 356 g/mol. The highest BCUT2D eigenvalue weighted by atomic mass is 16.7. The first kappa shape index (κ1) is 17.5. The van der Waals surface area contributed by atoms with Crippen LogP contribution < -0.4 is 5.73 Å². The van der Waals surface area contributed by atoms with Gasteiger partial charge < -0.3 is 19.9 Å². The average molecular weight is 378 g/mol. The third kappa shape index (κ3) is 2.24. The zero-order chi connectivity index (χ0) is 19.5. The molecule has 4 aliphatic rings. The topological polar surface area (TPSA) is 74.0 Å². The van der Waals surface area contributed by atoms with Crippen LogP contribution in [0.25, 0.3) is 0 Å². The third-order valence-corrected chi connectivity index (χ3v) is 6.33. The van der Waals surface area contributed by atoms with Crippen LogP contribution in [0.4, 0.5) is 5.69 Å². The molecule has 5 rings (SSSR count). The number of hydrogen-bond acceptors (Lipinski definition) is 6. The smallest absolute Gasteiger partial charge is 0.332 e. The maximum absolute atomic E-state index is 12.2. The highest BCUT2D eigenvalue weighted by Gasteiger charge is 2.73. The number of carbonyl (C=O) groups excluding carboxylic acids is 1. The van der Waals surface area contributed by atoms with Crippen molar-refractivity contribution < 1.29 is 19.0 Å². The minimum atomic E-state index is -0.594. The van der Waals surface area contributed by atoms with E-state index in [1.165, 1.54) is 0 Å². The molecular formula is C22H22N2O4. The van der Waals surface area contributed by atoms with Crippen molar-refractivity contribution in [2.75, 3.05) is 20.0 Å². The second kappa shape index (κ2) is 6.21. The molecule has 0 saturated carbocycles. The number of nitrogens with two attached hydrogens (primary N) is 1. The lowest BCUT2D eigenvalue weighted by atomic mass is 9.74. The number of rotatable bonds is 3. The summed E-state index contributed by atoms with van der Waals surface area (Å²) in [6.45, 7) is 0. The maximum atomic E-state index is 12.2. The van der Waals surface area contributed by atoms with Crippen molar-refractivity contribution >= 4 is 11.7 Å². The lowest BCUT2D eigenvalue weighted by molar-refractivity contribution is -0.212. The van der Waals surface area contributed by atoms with Gasteiger partial charge in [-0.1, -0.05) is 11.8 Å². The van der Waals surface area contributed by atoms with Crippen molar-refractivity contribution in [3.05, 3.63) is 53.1 Å². The Morgan fingerprint density at radius 3 is 2.68 bits per heavy atom. The van der Waals surface area contributed by atoms with Crippen molar-refractivity contribution in [1.29, 1.82) is 0 Å². The molecule has 1 aromatic carbocycles. The van der Waals surface area contributed by atoms with Crippen molar-refractivity contribution in [1.82, 2.24) is 4.90 Å². The molecule has 0 radical (unpaired) electrons. The van der Waals surface area contributed by atoms with Crippen LogP contribution in [0.2, 0.25) is 0 Å². The van der Waals surface area contributed by atoms with E-state index in [0.717, 1.165) is 29.6 Å². The fraction of sp³-hybridized carbons (Fsp3) is 0.409. The zero-order valence-corrected chi connectivity index (χ0v) is 15.8. The van der Waals surface area contributed by atoms with Crippen molar-refractivity contribution in [3.8, 4) is 11.8 Å². The number of nitrogens with zero attached hydrogens (tertiary/aromatic N) is 1. The van der Waals surface area contributed by atoms with Crippen LogP contribution in [0.3, 0.4) is 0 Å². The molecule has 0 bridgehead atoms. The Balaban J connectivity index is 1.49. The average Bonchev–Trinajstić information content (AvgIpc) is 3.31. The van der Waals surface area contributed by atoms with Gasteiger partial charge in [0.1, 0.15) is 0 Å². The number of ether oxygens (including phenoxy) is 3. The fourth-order valence-corrected chi connectivity index (χ4v) is 5.23. The Labute approximate surface area is 163 Å². The predicted molar refractivity (Wildman–Crippen MR) is 103 cm³/mol. The quantitative estimate of drug-likeness (QED) is 0.373. The zero-order valence-electron chi connectivity index (χ0n) is 15.8. The van der Waals surface area contributed by atoms with E-state index in [1.807, 2.05) is 24.3 Å². The number of methoxy groups -OCH3 is 2. The van der Waals surface area contributed by atoms with E-state index in [9.17, 15) is 4.79 Å². The SMILES string of the molecule is COC(OC)[C@H]1CC[C@H]2N1C1C=C(C#Cc3ccc(N)cc3)C3=CC(=O)O[C@]312. The van der Waals surface area contributed by atoms with Crippen molar-refractivity contribution in [3.63, 3.8) is 0 Å². The first-order valence-electron chi connectivity index (χ1n) is 9.46. The van der Waals surface area contributed by atoms with E-state index in [4.69, 9.17) is 19.9 Å². The van der Waals surface area contributed by atoms with Gasteiger partial charge in [0.05, 0.1) is 18.1 Å². The maximum Gasteiger partial charge on any atom is 0.332 e. The molecule has 0 amide bonds. The molecule has 1 aromatic rings. The van der Waals surface area contributed by atoms with E-state index in [1.54, 1.807) is 20.3 Å². The van der Waals surface area contributed by atoms with Crippen LogP contribution in [-0.4, -0.2) is 55.1 Å². The number of esters is 1. The first-order chi connectivity index (χ1) is 13.6. The number of nitrogen functional groups attached to an aromatic ring is 1. The molecule has 4 atom stereocenters. The van der Waals surface area contributed by atoms with Crippen molar-refractivity contribution in [2.45, 2.75) is 42.9 Å². The van der Waals surface area contributed by atoms with Crippen LogP contribution >= 0.6 is 0 Å². The third-order valence-electron chi connectivity index (χ3n) is 6.33. The molecule has 0 aromatic heterocycles. The second-order valence-electron chi connectivity index (χ2n) is 7.62. The Morgan fingerprint density at radius 1 is 1.21 bits per heavy atom. The molecule has 28 heavy (non-hydrogen) atoms. The lowest BCUT2D eigenvalue weighted by Gasteiger charge is -2.57. The Hall–Kier alpha value is -2.59. The summed E-state index contributed by atoms with van der Waals surface area (Å²) in [5.41, 5.74) is 8.51. The predicted octanol–water partition coefficient (Wildman–Crippen LogP) is 1.62. The van der Waals surface area contributed by atoms with Gasteiger partial charge in [-0.2, -0.15) is 0 Å². The molecule has 144 valence electrons. The first-order valence-corrected chi connectivity index (χ1v) is 9.46. The summed E-state index contributed by atoms with van der Waals surface area (Å²) in [5, 5.41) is 0. The number of anilines is 1. The Morgan fingerprint density at radius 2 is 1.96 bits per heavy atom. The van der Waals surface area contributed by atoms with E-state index in [-0.39, 0.29) is 30.4 Å². The van der Waals surface area contributed by atoms with Gasteiger partial charge in [-0.25, -0.2) is 4.79 Å².